The van der Waals surface area contributed by atoms with E-state index in [1.54, 1.807) is 20.8 Å². The van der Waals surface area contributed by atoms with Crippen LogP contribution in [0.3, 0.4) is 0 Å². The van der Waals surface area contributed by atoms with Crippen LogP contribution in [0.15, 0.2) is 0 Å². The average Bonchev–Trinajstić information content (AvgIpc) is 2.46. The highest BCUT2D eigenvalue weighted by atomic mass is 16.5. The lowest BCUT2D eigenvalue weighted by Crippen LogP contribution is -2.54. The fourth-order valence-corrected chi connectivity index (χ4v) is 2.16. The second-order valence-electron chi connectivity index (χ2n) is 5.84. The van der Waals surface area contributed by atoms with Crippen LogP contribution in [0.5, 0.6) is 0 Å². The minimum atomic E-state index is -0.858. The van der Waals surface area contributed by atoms with Crippen LogP contribution in [-0.4, -0.2) is 59.6 Å². The van der Waals surface area contributed by atoms with Crippen molar-refractivity contribution >= 4 is 17.8 Å². The van der Waals surface area contributed by atoms with E-state index < -0.39 is 17.4 Å². The summed E-state index contributed by atoms with van der Waals surface area (Å²) >= 11 is 0. The van der Waals surface area contributed by atoms with Gasteiger partial charge in [-0.3, -0.25) is 14.4 Å². The van der Waals surface area contributed by atoms with E-state index in [1.807, 2.05) is 0 Å². The molecule has 7 heteroatoms. The molecule has 21 heavy (non-hydrogen) atoms. The van der Waals surface area contributed by atoms with Crippen LogP contribution >= 0.6 is 0 Å². The van der Waals surface area contributed by atoms with Gasteiger partial charge in [0, 0.05) is 13.1 Å². The van der Waals surface area contributed by atoms with Crippen molar-refractivity contribution < 1.29 is 24.2 Å². The van der Waals surface area contributed by atoms with Crippen molar-refractivity contribution in [1.29, 1.82) is 0 Å². The molecule has 1 saturated heterocycles. The van der Waals surface area contributed by atoms with Crippen LogP contribution in [0.4, 0.5) is 0 Å². The molecular weight excluding hydrogens is 276 g/mol. The van der Waals surface area contributed by atoms with Gasteiger partial charge in [0.1, 0.15) is 0 Å². The number of ether oxygens (including phenoxy) is 1. The molecule has 2 N–H and O–H groups in total. The van der Waals surface area contributed by atoms with Gasteiger partial charge < -0.3 is 20.1 Å². The third-order valence-electron chi connectivity index (χ3n) is 3.37. The zero-order chi connectivity index (χ0) is 16.0. The predicted octanol–water partition coefficient (Wildman–Crippen LogP) is -0.325. The molecule has 0 saturated carbocycles. The average molecular weight is 300 g/mol. The molecule has 0 bridgehead atoms. The first-order chi connectivity index (χ1) is 9.80. The van der Waals surface area contributed by atoms with Crippen molar-refractivity contribution in [3.05, 3.63) is 0 Å². The summed E-state index contributed by atoms with van der Waals surface area (Å²) < 4.78 is 4.96. The summed E-state index contributed by atoms with van der Waals surface area (Å²) in [6.07, 6.45) is 1.32. The smallest absolute Gasteiger partial charge is 0.311 e. The number of nitrogens with one attached hydrogen (secondary N) is 1. The monoisotopic (exact) mass is 300 g/mol. The van der Waals surface area contributed by atoms with Gasteiger partial charge in [0.2, 0.25) is 0 Å². The summed E-state index contributed by atoms with van der Waals surface area (Å²) in [5.74, 6) is -2.14. The standard InChI is InChI=1S/C14H24N2O5/c1-4-21-13(20)10-6-5-7-16(8-10)12(19)11(18)15-14(2,3)9-17/h10,17H,4-9H2,1-3H3,(H,15,18). The Bertz CT molecular complexity index is 408. The summed E-state index contributed by atoms with van der Waals surface area (Å²) in [6, 6.07) is 0. The maximum absolute atomic E-state index is 12.1. The van der Waals surface area contributed by atoms with Gasteiger partial charge in [-0.15, -0.1) is 0 Å². The van der Waals surface area contributed by atoms with Gasteiger partial charge >= 0.3 is 17.8 Å². The molecule has 0 radical (unpaired) electrons. The summed E-state index contributed by atoms with van der Waals surface area (Å²) in [7, 11) is 0. The Morgan fingerprint density at radius 3 is 2.62 bits per heavy atom. The Labute approximate surface area is 124 Å². The van der Waals surface area contributed by atoms with E-state index in [4.69, 9.17) is 9.84 Å². The molecule has 120 valence electrons. The number of hydrogen-bond acceptors (Lipinski definition) is 5. The summed E-state index contributed by atoms with van der Waals surface area (Å²) in [5.41, 5.74) is -0.858. The van der Waals surface area contributed by atoms with Crippen LogP contribution in [0.25, 0.3) is 0 Å². The van der Waals surface area contributed by atoms with Crippen LogP contribution in [-0.2, 0) is 19.1 Å². The minimum Gasteiger partial charge on any atom is -0.466 e. The first kappa shape index (κ1) is 17.4. The number of amides is 2. The summed E-state index contributed by atoms with van der Waals surface area (Å²) in [4.78, 5) is 37.1. The van der Waals surface area contributed by atoms with Crippen molar-refractivity contribution in [2.45, 2.75) is 39.2 Å². The molecule has 7 nitrogen and oxygen atoms in total. The molecule has 1 aliphatic rings. The van der Waals surface area contributed by atoms with Gasteiger partial charge in [-0.1, -0.05) is 0 Å². The van der Waals surface area contributed by atoms with Gasteiger partial charge in [-0.25, -0.2) is 0 Å². The molecule has 0 aromatic carbocycles. The number of aliphatic hydroxyl groups excluding tert-OH is 1. The number of hydrogen-bond donors (Lipinski definition) is 2. The molecule has 1 fully saturated rings. The van der Waals surface area contributed by atoms with Crippen molar-refractivity contribution in [3.8, 4) is 0 Å². The van der Waals surface area contributed by atoms with E-state index in [0.717, 1.165) is 0 Å². The largest absolute Gasteiger partial charge is 0.466 e. The second kappa shape index (κ2) is 7.40. The molecule has 2 amide bonds. The van der Waals surface area contributed by atoms with Gasteiger partial charge in [0.25, 0.3) is 0 Å². The third-order valence-corrected chi connectivity index (χ3v) is 3.37. The van der Waals surface area contributed by atoms with Crippen LogP contribution in [0.2, 0.25) is 0 Å². The number of aliphatic hydroxyl groups is 1. The zero-order valence-electron chi connectivity index (χ0n) is 12.8. The van der Waals surface area contributed by atoms with Gasteiger partial charge in [0.05, 0.1) is 24.7 Å². The Balaban J connectivity index is 2.61. The van der Waals surface area contributed by atoms with Gasteiger partial charge in [0.15, 0.2) is 0 Å². The highest BCUT2D eigenvalue weighted by Crippen LogP contribution is 2.18. The lowest BCUT2D eigenvalue weighted by molar-refractivity contribution is -0.154. The Kier molecular flexibility index (Phi) is 6.14. The highest BCUT2D eigenvalue weighted by molar-refractivity contribution is 6.35. The molecule has 1 aliphatic heterocycles. The van der Waals surface area contributed by atoms with Crippen LogP contribution in [0.1, 0.15) is 33.6 Å². The number of nitrogens with zero attached hydrogens (tertiary/aromatic N) is 1. The highest BCUT2D eigenvalue weighted by Gasteiger charge is 2.33. The molecule has 0 aliphatic carbocycles. The molecule has 1 rings (SSSR count). The third kappa shape index (κ3) is 5.00. The maximum atomic E-state index is 12.1. The Hall–Kier alpha value is -1.63. The maximum Gasteiger partial charge on any atom is 0.311 e. The van der Waals surface area contributed by atoms with E-state index in [2.05, 4.69) is 5.32 Å². The molecule has 1 unspecified atom stereocenters. The first-order valence-corrected chi connectivity index (χ1v) is 7.19. The lowest BCUT2D eigenvalue weighted by atomic mass is 9.98. The second-order valence-corrected chi connectivity index (χ2v) is 5.84. The van der Waals surface area contributed by atoms with Gasteiger partial charge in [-0.2, -0.15) is 0 Å². The molecule has 1 heterocycles. The molecule has 0 aromatic rings. The molecule has 0 spiro atoms. The minimum absolute atomic E-state index is 0.199. The predicted molar refractivity (Wildman–Crippen MR) is 75.2 cm³/mol. The summed E-state index contributed by atoms with van der Waals surface area (Å²) in [5, 5.41) is 11.6. The molecule has 0 aromatic heterocycles. The topological polar surface area (TPSA) is 95.9 Å². The number of rotatable bonds is 4. The zero-order valence-corrected chi connectivity index (χ0v) is 12.8. The Morgan fingerprint density at radius 1 is 1.38 bits per heavy atom. The van der Waals surface area contributed by atoms with Crippen LogP contribution < -0.4 is 5.32 Å². The Morgan fingerprint density at radius 2 is 2.05 bits per heavy atom. The van der Waals surface area contributed by atoms with Crippen molar-refractivity contribution in [2.75, 3.05) is 26.3 Å². The fraction of sp³-hybridized carbons (Fsp3) is 0.786. The molecular formula is C14H24N2O5. The van der Waals surface area contributed by atoms with Crippen molar-refractivity contribution in [2.24, 2.45) is 5.92 Å². The fourth-order valence-electron chi connectivity index (χ4n) is 2.16. The number of likely N-dealkylation sites (tertiary alicyclic amines) is 1. The number of piperidine rings is 1. The van der Waals surface area contributed by atoms with Gasteiger partial charge in [-0.05, 0) is 33.6 Å². The molecule has 1 atom stereocenters. The normalized spacial score (nSPS) is 19.0. The first-order valence-electron chi connectivity index (χ1n) is 7.19. The van der Waals surface area contributed by atoms with E-state index in [9.17, 15) is 14.4 Å². The quantitative estimate of drug-likeness (QED) is 0.548. The van der Waals surface area contributed by atoms with E-state index in [0.29, 0.717) is 26.0 Å². The number of carbonyl (C=O) groups is 3. The number of carbonyl (C=O) groups excluding carboxylic acids is 3. The van der Waals surface area contributed by atoms with E-state index in [1.165, 1.54) is 4.90 Å². The van der Waals surface area contributed by atoms with Crippen molar-refractivity contribution in [1.82, 2.24) is 10.2 Å². The number of esters is 1. The SMILES string of the molecule is CCOC(=O)C1CCCN(C(=O)C(=O)NC(C)(C)CO)C1. The lowest BCUT2D eigenvalue weighted by Gasteiger charge is -2.32. The van der Waals surface area contributed by atoms with Crippen LogP contribution in [0, 0.1) is 5.92 Å². The summed E-state index contributed by atoms with van der Waals surface area (Å²) in [6.45, 7) is 5.65. The van der Waals surface area contributed by atoms with E-state index >= 15 is 0 Å². The van der Waals surface area contributed by atoms with Crippen molar-refractivity contribution in [3.63, 3.8) is 0 Å². The van der Waals surface area contributed by atoms with E-state index in [-0.39, 0.29) is 25.0 Å².